The standard InChI is InChI=1S/C20H23N3O3S2/c1-13(12-14-4-3-11-27-14)21-19(24)20-22-17-16(25-2)6-5-15(18(17)28-20)23-7-9-26-10-8-23/h3-6,11,13H,7-10,12H2,1-2H3,(H,21,24). The predicted molar refractivity (Wildman–Crippen MR) is 114 cm³/mol. The molecule has 3 heterocycles. The maximum atomic E-state index is 12.8. The molecule has 0 spiro atoms. The van der Waals surface area contributed by atoms with Crippen LogP contribution in [0.5, 0.6) is 5.75 Å². The number of rotatable bonds is 6. The number of methoxy groups -OCH3 is 1. The third-order valence-corrected chi connectivity index (χ3v) is 6.69. The van der Waals surface area contributed by atoms with Crippen molar-refractivity contribution in [2.45, 2.75) is 19.4 Å². The Morgan fingerprint density at radius 1 is 1.36 bits per heavy atom. The fourth-order valence-electron chi connectivity index (χ4n) is 3.35. The minimum absolute atomic E-state index is 0.0405. The van der Waals surface area contributed by atoms with Gasteiger partial charge in [0.1, 0.15) is 11.3 Å². The van der Waals surface area contributed by atoms with Crippen molar-refractivity contribution in [3.8, 4) is 5.75 Å². The number of carbonyl (C=O) groups is 1. The maximum absolute atomic E-state index is 12.8. The Morgan fingerprint density at radius 3 is 2.89 bits per heavy atom. The fraction of sp³-hybridized carbons (Fsp3) is 0.400. The summed E-state index contributed by atoms with van der Waals surface area (Å²) < 4.78 is 11.9. The lowest BCUT2D eigenvalue weighted by Gasteiger charge is -2.29. The van der Waals surface area contributed by atoms with E-state index in [4.69, 9.17) is 9.47 Å². The second kappa shape index (κ2) is 8.46. The zero-order valence-electron chi connectivity index (χ0n) is 15.9. The number of anilines is 1. The van der Waals surface area contributed by atoms with Crippen LogP contribution < -0.4 is 15.0 Å². The van der Waals surface area contributed by atoms with Gasteiger partial charge in [0.2, 0.25) is 0 Å². The molecule has 1 aliphatic rings. The molecule has 1 atom stereocenters. The fourth-order valence-corrected chi connectivity index (χ4v) is 5.21. The van der Waals surface area contributed by atoms with E-state index in [1.54, 1.807) is 18.4 Å². The number of ether oxygens (including phenoxy) is 2. The minimum Gasteiger partial charge on any atom is -0.494 e. The molecule has 148 valence electrons. The van der Waals surface area contributed by atoms with E-state index < -0.39 is 0 Å². The van der Waals surface area contributed by atoms with Gasteiger partial charge in [-0.3, -0.25) is 4.79 Å². The molecule has 1 saturated heterocycles. The summed E-state index contributed by atoms with van der Waals surface area (Å²) in [6, 6.07) is 8.13. The van der Waals surface area contributed by atoms with Gasteiger partial charge in [-0.15, -0.1) is 22.7 Å². The molecule has 1 unspecified atom stereocenters. The average molecular weight is 418 g/mol. The number of carbonyl (C=O) groups excluding carboxylic acids is 1. The third-order valence-electron chi connectivity index (χ3n) is 4.72. The summed E-state index contributed by atoms with van der Waals surface area (Å²) in [4.78, 5) is 21.0. The molecule has 1 fully saturated rings. The summed E-state index contributed by atoms with van der Waals surface area (Å²) in [5.74, 6) is 0.550. The molecule has 1 aromatic carbocycles. The highest BCUT2D eigenvalue weighted by Crippen LogP contribution is 2.37. The Bertz CT molecular complexity index is 949. The lowest BCUT2D eigenvalue weighted by atomic mass is 10.2. The van der Waals surface area contributed by atoms with Crippen LogP contribution in [0.4, 0.5) is 5.69 Å². The first-order valence-electron chi connectivity index (χ1n) is 9.29. The van der Waals surface area contributed by atoms with Gasteiger partial charge in [-0.05, 0) is 30.5 Å². The number of thiazole rings is 1. The summed E-state index contributed by atoms with van der Waals surface area (Å²) in [5, 5.41) is 5.59. The number of aromatic nitrogens is 1. The van der Waals surface area contributed by atoms with Gasteiger partial charge in [-0.1, -0.05) is 6.07 Å². The van der Waals surface area contributed by atoms with E-state index in [9.17, 15) is 4.79 Å². The minimum atomic E-state index is -0.139. The summed E-state index contributed by atoms with van der Waals surface area (Å²) in [7, 11) is 1.63. The second-order valence-electron chi connectivity index (χ2n) is 6.74. The zero-order chi connectivity index (χ0) is 19.5. The highest BCUT2D eigenvalue weighted by molar-refractivity contribution is 7.21. The molecule has 0 bridgehead atoms. The van der Waals surface area contributed by atoms with E-state index in [0.29, 0.717) is 24.0 Å². The number of thiophene rings is 1. The summed E-state index contributed by atoms with van der Waals surface area (Å²) in [5.41, 5.74) is 1.83. The molecule has 1 aliphatic heterocycles. The number of hydrogen-bond donors (Lipinski definition) is 1. The van der Waals surface area contributed by atoms with Gasteiger partial charge in [-0.25, -0.2) is 4.98 Å². The molecule has 3 aromatic rings. The quantitative estimate of drug-likeness (QED) is 0.664. The summed E-state index contributed by atoms with van der Waals surface area (Å²) in [6.07, 6.45) is 0.816. The topological polar surface area (TPSA) is 63.7 Å². The molecular formula is C20H23N3O3S2. The average Bonchev–Trinajstić information content (AvgIpc) is 3.37. The van der Waals surface area contributed by atoms with E-state index in [1.807, 2.05) is 25.1 Å². The first-order valence-corrected chi connectivity index (χ1v) is 11.0. The van der Waals surface area contributed by atoms with Crippen molar-refractivity contribution in [3.63, 3.8) is 0 Å². The van der Waals surface area contributed by atoms with Crippen molar-refractivity contribution in [1.82, 2.24) is 10.3 Å². The van der Waals surface area contributed by atoms with Gasteiger partial charge in [0.15, 0.2) is 5.01 Å². The number of nitrogens with one attached hydrogen (secondary N) is 1. The van der Waals surface area contributed by atoms with Crippen molar-refractivity contribution in [1.29, 1.82) is 0 Å². The van der Waals surface area contributed by atoms with E-state index in [2.05, 4.69) is 26.6 Å². The van der Waals surface area contributed by atoms with E-state index in [-0.39, 0.29) is 11.9 Å². The summed E-state index contributed by atoms with van der Waals surface area (Å²) in [6.45, 7) is 5.10. The molecule has 2 aromatic heterocycles. The Labute approximate surface area is 172 Å². The predicted octanol–water partition coefficient (Wildman–Crippen LogP) is 3.56. The van der Waals surface area contributed by atoms with Crippen LogP contribution in [-0.2, 0) is 11.2 Å². The number of morpholine rings is 1. The molecule has 1 N–H and O–H groups in total. The number of hydrogen-bond acceptors (Lipinski definition) is 7. The first-order chi connectivity index (χ1) is 13.7. The van der Waals surface area contributed by atoms with Gasteiger partial charge in [0, 0.05) is 30.4 Å². The van der Waals surface area contributed by atoms with Crippen molar-refractivity contribution in [2.75, 3.05) is 38.3 Å². The van der Waals surface area contributed by atoms with Gasteiger partial charge in [0.25, 0.3) is 5.91 Å². The second-order valence-corrected chi connectivity index (χ2v) is 8.77. The molecule has 6 nitrogen and oxygen atoms in total. The van der Waals surface area contributed by atoms with E-state index in [1.165, 1.54) is 16.2 Å². The molecule has 0 radical (unpaired) electrons. The Kier molecular flexibility index (Phi) is 5.79. The van der Waals surface area contributed by atoms with Gasteiger partial charge >= 0.3 is 0 Å². The number of benzene rings is 1. The van der Waals surface area contributed by atoms with Crippen LogP contribution >= 0.6 is 22.7 Å². The van der Waals surface area contributed by atoms with Crippen molar-refractivity contribution < 1.29 is 14.3 Å². The van der Waals surface area contributed by atoms with E-state index in [0.717, 1.165) is 35.4 Å². The highest BCUT2D eigenvalue weighted by atomic mass is 32.1. The summed E-state index contributed by atoms with van der Waals surface area (Å²) >= 11 is 3.13. The Balaban J connectivity index is 1.59. The molecule has 0 aliphatic carbocycles. The van der Waals surface area contributed by atoms with Gasteiger partial charge in [-0.2, -0.15) is 0 Å². The monoisotopic (exact) mass is 417 g/mol. The molecule has 1 amide bonds. The Hall–Kier alpha value is -2.16. The lowest BCUT2D eigenvalue weighted by Crippen LogP contribution is -2.36. The smallest absolute Gasteiger partial charge is 0.280 e. The third kappa shape index (κ3) is 3.99. The first kappa shape index (κ1) is 19.2. The van der Waals surface area contributed by atoms with Crippen molar-refractivity contribution >= 4 is 44.5 Å². The van der Waals surface area contributed by atoms with E-state index >= 15 is 0 Å². The molecule has 8 heteroatoms. The highest BCUT2D eigenvalue weighted by Gasteiger charge is 2.22. The van der Waals surface area contributed by atoms with Gasteiger partial charge in [0.05, 0.1) is 30.7 Å². The molecule has 0 saturated carbocycles. The SMILES string of the molecule is COc1ccc(N2CCOCC2)c2sc(C(=O)NC(C)Cc3cccs3)nc12. The Morgan fingerprint density at radius 2 is 2.18 bits per heavy atom. The van der Waals surface area contributed by atoms with Crippen LogP contribution in [-0.4, -0.2) is 50.3 Å². The lowest BCUT2D eigenvalue weighted by molar-refractivity contribution is 0.0940. The molecule has 4 rings (SSSR count). The molecule has 28 heavy (non-hydrogen) atoms. The van der Waals surface area contributed by atoms with Gasteiger partial charge < -0.3 is 19.7 Å². The van der Waals surface area contributed by atoms with Crippen LogP contribution in [0.2, 0.25) is 0 Å². The van der Waals surface area contributed by atoms with Crippen LogP contribution in [0.1, 0.15) is 21.6 Å². The van der Waals surface area contributed by atoms with Crippen molar-refractivity contribution in [2.24, 2.45) is 0 Å². The largest absolute Gasteiger partial charge is 0.494 e. The molecular weight excluding hydrogens is 394 g/mol. The maximum Gasteiger partial charge on any atom is 0.280 e. The van der Waals surface area contributed by atoms with Crippen LogP contribution in [0.3, 0.4) is 0 Å². The van der Waals surface area contributed by atoms with Crippen molar-refractivity contribution in [3.05, 3.63) is 39.5 Å². The van der Waals surface area contributed by atoms with Crippen LogP contribution in [0, 0.1) is 0 Å². The van der Waals surface area contributed by atoms with Crippen LogP contribution in [0.25, 0.3) is 10.2 Å². The number of fused-ring (bicyclic) bond motifs is 1. The number of amides is 1. The zero-order valence-corrected chi connectivity index (χ0v) is 17.6. The normalized spacial score (nSPS) is 15.6. The van der Waals surface area contributed by atoms with Crippen LogP contribution in [0.15, 0.2) is 29.6 Å². The number of nitrogens with zero attached hydrogens (tertiary/aromatic N) is 2.